The van der Waals surface area contributed by atoms with Gasteiger partial charge in [-0.25, -0.2) is 12.8 Å². The van der Waals surface area contributed by atoms with E-state index in [1.165, 1.54) is 21.3 Å². The van der Waals surface area contributed by atoms with Crippen molar-refractivity contribution in [2.45, 2.75) is 24.3 Å². The van der Waals surface area contributed by atoms with E-state index in [1.807, 2.05) is 18.4 Å². The lowest BCUT2D eigenvalue weighted by molar-refractivity contribution is 0.328. The van der Waals surface area contributed by atoms with Crippen LogP contribution in [0.1, 0.15) is 23.4 Å². The van der Waals surface area contributed by atoms with Gasteiger partial charge < -0.3 is 5.73 Å². The van der Waals surface area contributed by atoms with Gasteiger partial charge in [0.1, 0.15) is 10.7 Å². The summed E-state index contributed by atoms with van der Waals surface area (Å²) in [6, 6.07) is 5.54. The molecule has 0 aliphatic carbocycles. The molecule has 2 heterocycles. The third-order valence-electron chi connectivity index (χ3n) is 3.79. The maximum atomic E-state index is 14.0. The number of halogens is 1. The van der Waals surface area contributed by atoms with Gasteiger partial charge in [-0.05, 0) is 42.5 Å². The van der Waals surface area contributed by atoms with Gasteiger partial charge in [-0.3, -0.25) is 0 Å². The molecule has 0 radical (unpaired) electrons. The summed E-state index contributed by atoms with van der Waals surface area (Å²) < 4.78 is 40.9. The highest BCUT2D eigenvalue weighted by molar-refractivity contribution is 7.89. The van der Waals surface area contributed by atoms with Crippen molar-refractivity contribution in [2.24, 2.45) is 0 Å². The van der Waals surface area contributed by atoms with Gasteiger partial charge in [0.05, 0.1) is 5.69 Å². The second-order valence-electron chi connectivity index (χ2n) is 5.00. The molecule has 1 atom stereocenters. The van der Waals surface area contributed by atoms with Gasteiger partial charge in [0, 0.05) is 17.5 Å². The van der Waals surface area contributed by atoms with E-state index in [-0.39, 0.29) is 11.7 Å². The van der Waals surface area contributed by atoms with Crippen molar-refractivity contribution in [3.05, 3.63) is 45.9 Å². The molecule has 1 unspecified atom stereocenters. The molecule has 112 valence electrons. The Kier molecular flexibility index (Phi) is 3.51. The first kappa shape index (κ1) is 14.5. The fourth-order valence-electron chi connectivity index (χ4n) is 2.73. The fourth-order valence-corrected chi connectivity index (χ4v) is 5.47. The van der Waals surface area contributed by atoms with Crippen LogP contribution in [0.3, 0.4) is 0 Å². The molecule has 0 amide bonds. The third-order valence-corrected chi connectivity index (χ3v) is 6.84. The molecular weight excluding hydrogens is 311 g/mol. The lowest BCUT2D eigenvalue weighted by Gasteiger charge is -2.32. The molecular formula is C14H15FN2O2S2. The van der Waals surface area contributed by atoms with E-state index in [1.54, 1.807) is 11.3 Å². The summed E-state index contributed by atoms with van der Waals surface area (Å²) in [5.41, 5.74) is 6.62. The first-order chi connectivity index (χ1) is 9.93. The maximum absolute atomic E-state index is 14.0. The van der Waals surface area contributed by atoms with Crippen LogP contribution in [0.2, 0.25) is 0 Å². The van der Waals surface area contributed by atoms with E-state index >= 15 is 0 Å². The van der Waals surface area contributed by atoms with Crippen molar-refractivity contribution in [3.63, 3.8) is 0 Å². The Morgan fingerprint density at radius 1 is 1.38 bits per heavy atom. The van der Waals surface area contributed by atoms with Gasteiger partial charge in [0.15, 0.2) is 0 Å². The molecule has 0 spiro atoms. The number of thiophene rings is 1. The maximum Gasteiger partial charge on any atom is 0.248 e. The summed E-state index contributed by atoms with van der Waals surface area (Å²) in [6.07, 6.45) is 0.644. The van der Waals surface area contributed by atoms with Crippen LogP contribution in [0.25, 0.3) is 0 Å². The number of sulfonamides is 1. The van der Waals surface area contributed by atoms with Crippen LogP contribution in [-0.4, -0.2) is 19.3 Å². The minimum atomic E-state index is -3.96. The first-order valence-corrected chi connectivity index (χ1v) is 8.87. The lowest BCUT2D eigenvalue weighted by Crippen LogP contribution is -2.38. The summed E-state index contributed by atoms with van der Waals surface area (Å²) in [5, 5.41) is 1.95. The molecule has 1 aromatic carbocycles. The zero-order chi connectivity index (χ0) is 15.2. The molecule has 0 fully saturated rings. The number of anilines is 1. The highest BCUT2D eigenvalue weighted by atomic mass is 32.2. The van der Waals surface area contributed by atoms with Crippen LogP contribution in [0, 0.1) is 5.82 Å². The summed E-state index contributed by atoms with van der Waals surface area (Å²) in [5.74, 6) is -0.807. The summed E-state index contributed by atoms with van der Waals surface area (Å²) in [6.45, 7) is 2.16. The average Bonchev–Trinajstić information content (AvgIpc) is 2.87. The minimum absolute atomic E-state index is 0.0571. The standard InChI is InChI=1S/C14H15FN2O2S2/c1-9-10-6-8-20-13(10)5-7-17(9)21(18,19)14-11(15)3-2-4-12(14)16/h2-4,6,8-9H,5,7,16H2,1H3. The van der Waals surface area contributed by atoms with Crippen LogP contribution in [-0.2, 0) is 16.4 Å². The number of benzene rings is 1. The van der Waals surface area contributed by atoms with E-state index in [0.29, 0.717) is 13.0 Å². The van der Waals surface area contributed by atoms with Crippen molar-refractivity contribution in [2.75, 3.05) is 12.3 Å². The number of nitrogens with two attached hydrogens (primary N) is 1. The summed E-state index contributed by atoms with van der Waals surface area (Å²) in [7, 11) is -3.96. The molecule has 7 heteroatoms. The van der Waals surface area contributed by atoms with Crippen molar-refractivity contribution in [3.8, 4) is 0 Å². The van der Waals surface area contributed by atoms with Gasteiger partial charge in [0.2, 0.25) is 10.0 Å². The normalized spacial score (nSPS) is 19.4. The zero-order valence-electron chi connectivity index (χ0n) is 11.4. The number of nitrogens with zero attached hydrogens (tertiary/aromatic N) is 1. The average molecular weight is 326 g/mol. The monoisotopic (exact) mass is 326 g/mol. The molecule has 21 heavy (non-hydrogen) atoms. The van der Waals surface area contributed by atoms with E-state index in [4.69, 9.17) is 5.73 Å². The zero-order valence-corrected chi connectivity index (χ0v) is 13.0. The Hall–Kier alpha value is -1.44. The van der Waals surface area contributed by atoms with E-state index in [9.17, 15) is 12.8 Å². The van der Waals surface area contributed by atoms with Crippen LogP contribution in [0.15, 0.2) is 34.5 Å². The minimum Gasteiger partial charge on any atom is -0.398 e. The molecule has 2 aromatic rings. The van der Waals surface area contributed by atoms with E-state index in [2.05, 4.69) is 0 Å². The molecule has 0 bridgehead atoms. The highest BCUT2D eigenvalue weighted by Crippen LogP contribution is 2.37. The summed E-state index contributed by atoms with van der Waals surface area (Å²) in [4.78, 5) is 0.769. The Morgan fingerprint density at radius 2 is 2.14 bits per heavy atom. The van der Waals surface area contributed by atoms with Crippen LogP contribution in [0.5, 0.6) is 0 Å². The van der Waals surface area contributed by atoms with Crippen LogP contribution < -0.4 is 5.73 Å². The number of hydrogen-bond donors (Lipinski definition) is 1. The van der Waals surface area contributed by atoms with Crippen LogP contribution >= 0.6 is 11.3 Å². The first-order valence-electron chi connectivity index (χ1n) is 6.55. The molecule has 2 N–H and O–H groups in total. The smallest absolute Gasteiger partial charge is 0.248 e. The topological polar surface area (TPSA) is 63.4 Å². The SMILES string of the molecule is CC1c2ccsc2CCN1S(=O)(=O)c1c(N)cccc1F. The number of nitrogen functional groups attached to an aromatic ring is 1. The van der Waals surface area contributed by atoms with Crippen LogP contribution in [0.4, 0.5) is 10.1 Å². The molecule has 0 saturated carbocycles. The Labute approximate surface area is 127 Å². The largest absolute Gasteiger partial charge is 0.398 e. The third kappa shape index (κ3) is 2.25. The number of rotatable bonds is 2. The fraction of sp³-hybridized carbons (Fsp3) is 0.286. The molecule has 3 rings (SSSR count). The van der Waals surface area contributed by atoms with Gasteiger partial charge >= 0.3 is 0 Å². The van der Waals surface area contributed by atoms with Gasteiger partial charge in [-0.1, -0.05) is 6.07 Å². The van der Waals surface area contributed by atoms with Gasteiger partial charge in [-0.15, -0.1) is 11.3 Å². The number of hydrogen-bond acceptors (Lipinski definition) is 4. The molecule has 0 saturated heterocycles. The van der Waals surface area contributed by atoms with Crippen molar-refractivity contribution < 1.29 is 12.8 Å². The van der Waals surface area contributed by atoms with Gasteiger partial charge in [0.25, 0.3) is 0 Å². The second kappa shape index (κ2) is 5.08. The van der Waals surface area contributed by atoms with Gasteiger partial charge in [-0.2, -0.15) is 4.31 Å². The van der Waals surface area contributed by atoms with Crippen molar-refractivity contribution in [1.29, 1.82) is 0 Å². The Balaban J connectivity index is 2.08. The summed E-state index contributed by atoms with van der Waals surface area (Å²) >= 11 is 1.62. The molecule has 1 aliphatic rings. The second-order valence-corrected chi connectivity index (χ2v) is 7.83. The van der Waals surface area contributed by atoms with Crippen molar-refractivity contribution >= 4 is 27.0 Å². The molecule has 4 nitrogen and oxygen atoms in total. The predicted molar refractivity (Wildman–Crippen MR) is 81.1 cm³/mol. The lowest BCUT2D eigenvalue weighted by atomic mass is 10.0. The highest BCUT2D eigenvalue weighted by Gasteiger charge is 2.36. The quantitative estimate of drug-likeness (QED) is 0.863. The molecule has 1 aromatic heterocycles. The predicted octanol–water partition coefficient (Wildman–Crippen LogP) is 2.78. The van der Waals surface area contributed by atoms with E-state index < -0.39 is 20.7 Å². The molecule has 1 aliphatic heterocycles. The van der Waals surface area contributed by atoms with E-state index in [0.717, 1.165) is 11.6 Å². The number of fused-ring (bicyclic) bond motifs is 1. The Bertz CT molecular complexity index is 766. The van der Waals surface area contributed by atoms with Crippen molar-refractivity contribution in [1.82, 2.24) is 4.31 Å². The Morgan fingerprint density at radius 3 is 2.86 bits per heavy atom.